The van der Waals surface area contributed by atoms with Crippen LogP contribution in [0.2, 0.25) is 5.02 Å². The summed E-state index contributed by atoms with van der Waals surface area (Å²) in [6, 6.07) is 16.8. The number of ether oxygens (including phenoxy) is 1. The van der Waals surface area contributed by atoms with Gasteiger partial charge in [-0.15, -0.1) is 0 Å². The molecule has 8 heteroatoms. The summed E-state index contributed by atoms with van der Waals surface area (Å²) in [6.45, 7) is 6.38. The molecule has 0 saturated carbocycles. The molecule has 0 spiro atoms. The number of rotatable bonds is 5. The zero-order valence-corrected chi connectivity index (χ0v) is 21.5. The Hall–Kier alpha value is -3.68. The highest BCUT2D eigenvalue weighted by Crippen LogP contribution is 2.45. The first-order chi connectivity index (χ1) is 17.3. The minimum absolute atomic E-state index is 0.00126. The van der Waals surface area contributed by atoms with Crippen LogP contribution in [0.4, 0.5) is 5.13 Å². The van der Waals surface area contributed by atoms with Crippen LogP contribution in [-0.2, 0) is 9.59 Å². The van der Waals surface area contributed by atoms with Gasteiger partial charge in [-0.1, -0.05) is 41.1 Å². The number of carbonyl (C=O) groups is 2. The predicted molar refractivity (Wildman–Crippen MR) is 143 cm³/mol. The maximum absolute atomic E-state index is 13.4. The minimum atomic E-state index is -0.863. The van der Waals surface area contributed by atoms with Crippen molar-refractivity contribution < 1.29 is 19.4 Å². The predicted octanol–water partition coefficient (Wildman–Crippen LogP) is 6.59. The maximum Gasteiger partial charge on any atom is 0.301 e. The van der Waals surface area contributed by atoms with Gasteiger partial charge >= 0.3 is 5.91 Å². The number of fused-ring (bicyclic) bond motifs is 1. The largest absolute Gasteiger partial charge is 0.507 e. The smallest absolute Gasteiger partial charge is 0.301 e. The number of hydrogen-bond donors (Lipinski definition) is 1. The summed E-state index contributed by atoms with van der Waals surface area (Å²) in [5.41, 5.74) is 3.90. The summed E-state index contributed by atoms with van der Waals surface area (Å²) in [5, 5.41) is 12.1. The molecule has 1 fully saturated rings. The van der Waals surface area contributed by atoms with Gasteiger partial charge < -0.3 is 9.84 Å². The lowest BCUT2D eigenvalue weighted by Crippen LogP contribution is -2.29. The number of hydrogen-bond acceptors (Lipinski definition) is 6. The number of aryl methyl sites for hydroxylation is 2. The van der Waals surface area contributed by atoms with E-state index in [1.165, 1.54) is 16.2 Å². The summed E-state index contributed by atoms with van der Waals surface area (Å²) >= 11 is 7.36. The fourth-order valence-corrected chi connectivity index (χ4v) is 5.78. The van der Waals surface area contributed by atoms with E-state index in [0.29, 0.717) is 33.6 Å². The number of thiazole rings is 1. The second kappa shape index (κ2) is 9.41. The highest BCUT2D eigenvalue weighted by molar-refractivity contribution is 7.22. The summed E-state index contributed by atoms with van der Waals surface area (Å²) in [7, 11) is 0. The van der Waals surface area contributed by atoms with Crippen molar-refractivity contribution in [2.24, 2.45) is 0 Å². The molecule has 1 N–H and O–H groups in total. The van der Waals surface area contributed by atoms with Gasteiger partial charge in [0.15, 0.2) is 5.13 Å². The van der Waals surface area contributed by atoms with Crippen LogP contribution in [0.1, 0.15) is 35.2 Å². The molecule has 182 valence electrons. The number of anilines is 1. The second-order valence-electron chi connectivity index (χ2n) is 8.60. The number of aromatic nitrogens is 1. The van der Waals surface area contributed by atoms with E-state index in [1.807, 2.05) is 32.9 Å². The minimum Gasteiger partial charge on any atom is -0.507 e. The zero-order valence-electron chi connectivity index (χ0n) is 19.9. The van der Waals surface area contributed by atoms with Gasteiger partial charge in [-0.2, -0.15) is 0 Å². The monoisotopic (exact) mass is 518 g/mol. The van der Waals surface area contributed by atoms with Gasteiger partial charge in [0, 0.05) is 10.6 Å². The second-order valence-corrected chi connectivity index (χ2v) is 10.0. The van der Waals surface area contributed by atoms with Crippen LogP contribution in [0.15, 0.2) is 66.2 Å². The molecule has 1 unspecified atom stereocenters. The maximum atomic E-state index is 13.4. The summed E-state index contributed by atoms with van der Waals surface area (Å²) < 4.78 is 6.49. The Morgan fingerprint density at radius 2 is 1.78 bits per heavy atom. The molecule has 6 nitrogen and oxygen atoms in total. The molecule has 1 aliphatic rings. The Balaban J connectivity index is 1.71. The number of benzene rings is 3. The first-order valence-electron chi connectivity index (χ1n) is 11.5. The lowest BCUT2D eigenvalue weighted by atomic mass is 9.95. The number of ketones is 1. The molecule has 1 saturated heterocycles. The number of carbonyl (C=O) groups excluding carboxylic acids is 2. The van der Waals surface area contributed by atoms with E-state index in [1.54, 1.807) is 48.5 Å². The van der Waals surface area contributed by atoms with E-state index < -0.39 is 17.7 Å². The van der Waals surface area contributed by atoms with Crippen molar-refractivity contribution in [2.75, 3.05) is 11.5 Å². The first kappa shape index (κ1) is 24.0. The van der Waals surface area contributed by atoms with Gasteiger partial charge in [-0.05, 0) is 79.9 Å². The molecule has 0 aliphatic carbocycles. The van der Waals surface area contributed by atoms with E-state index in [-0.39, 0.29) is 11.3 Å². The van der Waals surface area contributed by atoms with Gasteiger partial charge in [0.25, 0.3) is 5.78 Å². The third-order valence-corrected chi connectivity index (χ3v) is 7.35. The van der Waals surface area contributed by atoms with Crippen LogP contribution in [0.3, 0.4) is 0 Å². The van der Waals surface area contributed by atoms with Crippen LogP contribution >= 0.6 is 22.9 Å². The summed E-state index contributed by atoms with van der Waals surface area (Å²) in [5.74, 6) is -1.10. The Bertz CT molecular complexity index is 1520. The van der Waals surface area contributed by atoms with Crippen LogP contribution in [0.5, 0.6) is 5.75 Å². The average Bonchev–Trinajstić information content (AvgIpc) is 3.38. The number of nitrogens with zero attached hydrogens (tertiary/aromatic N) is 2. The van der Waals surface area contributed by atoms with Crippen molar-refractivity contribution in [1.29, 1.82) is 0 Å². The molecule has 1 aliphatic heterocycles. The number of amides is 1. The summed E-state index contributed by atoms with van der Waals surface area (Å²) in [4.78, 5) is 33.0. The van der Waals surface area contributed by atoms with Crippen molar-refractivity contribution >= 4 is 55.7 Å². The molecule has 0 bridgehead atoms. The van der Waals surface area contributed by atoms with Crippen LogP contribution in [0, 0.1) is 13.8 Å². The molecule has 0 radical (unpaired) electrons. The number of aliphatic hydroxyl groups is 1. The van der Waals surface area contributed by atoms with Gasteiger partial charge in [0.05, 0.1) is 28.4 Å². The van der Waals surface area contributed by atoms with Crippen LogP contribution in [0.25, 0.3) is 16.0 Å². The van der Waals surface area contributed by atoms with Crippen molar-refractivity contribution in [3.8, 4) is 5.75 Å². The Morgan fingerprint density at radius 3 is 2.44 bits per heavy atom. The third kappa shape index (κ3) is 4.14. The van der Waals surface area contributed by atoms with Crippen molar-refractivity contribution in [3.05, 3.63) is 93.5 Å². The first-order valence-corrected chi connectivity index (χ1v) is 12.7. The fourth-order valence-electron chi connectivity index (χ4n) is 4.48. The topological polar surface area (TPSA) is 79.7 Å². The molecule has 5 rings (SSSR count). The number of aliphatic hydroxyl groups excluding tert-OH is 1. The number of Topliss-reactive ketones (excluding diaryl/α,β-unsaturated/α-hetero) is 1. The molecule has 3 aromatic carbocycles. The van der Waals surface area contributed by atoms with Gasteiger partial charge in [-0.3, -0.25) is 14.5 Å². The fraction of sp³-hybridized carbons (Fsp3) is 0.179. The van der Waals surface area contributed by atoms with E-state index in [9.17, 15) is 14.7 Å². The van der Waals surface area contributed by atoms with E-state index >= 15 is 0 Å². The molecular weight excluding hydrogens is 496 g/mol. The molecule has 1 amide bonds. The van der Waals surface area contributed by atoms with Crippen LogP contribution < -0.4 is 9.64 Å². The Labute approximate surface area is 217 Å². The molecular formula is C28H23ClN2O4S. The molecule has 36 heavy (non-hydrogen) atoms. The third-order valence-electron chi connectivity index (χ3n) is 6.09. The zero-order chi connectivity index (χ0) is 25.6. The van der Waals surface area contributed by atoms with Gasteiger partial charge in [0.2, 0.25) is 0 Å². The lowest BCUT2D eigenvalue weighted by molar-refractivity contribution is -0.132. The van der Waals surface area contributed by atoms with E-state index in [2.05, 4.69) is 0 Å². The molecule has 4 aromatic rings. The van der Waals surface area contributed by atoms with Gasteiger partial charge in [0.1, 0.15) is 11.5 Å². The molecule has 1 atom stereocenters. The highest BCUT2D eigenvalue weighted by atomic mass is 35.5. The number of halogens is 1. The van der Waals surface area contributed by atoms with Crippen molar-refractivity contribution in [1.82, 2.24) is 4.98 Å². The van der Waals surface area contributed by atoms with Crippen molar-refractivity contribution in [3.63, 3.8) is 0 Å². The Morgan fingerprint density at radius 1 is 1.08 bits per heavy atom. The van der Waals surface area contributed by atoms with E-state index in [4.69, 9.17) is 21.3 Å². The Kier molecular flexibility index (Phi) is 6.28. The van der Waals surface area contributed by atoms with Crippen molar-refractivity contribution in [2.45, 2.75) is 26.8 Å². The van der Waals surface area contributed by atoms with E-state index in [0.717, 1.165) is 21.3 Å². The SMILES string of the molecule is CCOc1ccc(C2/C(=C(\O)c3ccc(Cl)cc3)C(=O)C(=O)N2c2nc3c(C)cc(C)cc3s2)cc1. The molecule has 1 aromatic heterocycles. The normalized spacial score (nSPS) is 17.2. The summed E-state index contributed by atoms with van der Waals surface area (Å²) in [6.07, 6.45) is 0. The van der Waals surface area contributed by atoms with Crippen LogP contribution in [-0.4, -0.2) is 28.4 Å². The quantitative estimate of drug-likeness (QED) is 0.183. The average molecular weight is 519 g/mol. The van der Waals surface area contributed by atoms with Gasteiger partial charge in [-0.25, -0.2) is 4.98 Å². The highest BCUT2D eigenvalue weighted by Gasteiger charge is 2.48. The standard InChI is InChI=1S/C28H23ClN2O4S/c1-4-35-20-11-7-17(8-12-20)24-22(25(32)18-5-9-19(29)10-6-18)26(33)27(34)31(24)28-30-23-16(3)13-15(2)14-21(23)36-28/h5-14,24,32H,4H2,1-3H3/b25-22+. The lowest BCUT2D eigenvalue weighted by Gasteiger charge is -2.23. The molecule has 2 heterocycles.